The third kappa shape index (κ3) is 3.64. The summed E-state index contributed by atoms with van der Waals surface area (Å²) in [6, 6.07) is 5.94. The first kappa shape index (κ1) is 18.5. The van der Waals surface area contributed by atoms with Crippen LogP contribution in [0.3, 0.4) is 0 Å². The summed E-state index contributed by atoms with van der Waals surface area (Å²) < 4.78 is 18.0. The van der Waals surface area contributed by atoms with E-state index < -0.39 is 0 Å². The lowest BCUT2D eigenvalue weighted by atomic mass is 10.2. The topological polar surface area (TPSA) is 65.0 Å². The number of fused-ring (bicyclic) bond motifs is 1. The van der Waals surface area contributed by atoms with Gasteiger partial charge in [-0.05, 0) is 19.1 Å². The minimum Gasteiger partial charge on any atom is -0.493 e. The molecule has 1 aliphatic heterocycles. The Morgan fingerprint density at radius 2 is 1.85 bits per heavy atom. The minimum atomic E-state index is -0.0817. The number of methoxy groups -OCH3 is 2. The highest BCUT2D eigenvalue weighted by Crippen LogP contribution is 2.33. The summed E-state index contributed by atoms with van der Waals surface area (Å²) in [7, 11) is 5.09. The third-order valence-corrected chi connectivity index (χ3v) is 5.01. The van der Waals surface area contributed by atoms with Crippen molar-refractivity contribution in [3.63, 3.8) is 0 Å². The number of hydrogen-bond donors (Lipinski definition) is 1. The van der Waals surface area contributed by atoms with Crippen molar-refractivity contribution in [1.29, 1.82) is 0 Å². The minimum absolute atomic E-state index is 0.0817. The van der Waals surface area contributed by atoms with Crippen LogP contribution in [0.2, 0.25) is 0 Å². The number of ether oxygens (including phenoxy) is 3. The average Bonchev–Trinajstić information content (AvgIpc) is 3.01. The number of rotatable bonds is 6. The summed E-state index contributed by atoms with van der Waals surface area (Å²) in [4.78, 5) is 15.0. The molecular formula is C19H27N3O4. The van der Waals surface area contributed by atoms with Gasteiger partial charge in [-0.15, -0.1) is 0 Å². The summed E-state index contributed by atoms with van der Waals surface area (Å²) in [5, 5.41) is 3.99. The van der Waals surface area contributed by atoms with E-state index in [1.54, 1.807) is 14.2 Å². The van der Waals surface area contributed by atoms with Crippen molar-refractivity contribution in [1.82, 2.24) is 14.8 Å². The molecule has 1 atom stereocenters. The Kier molecular flexibility index (Phi) is 5.68. The quantitative estimate of drug-likeness (QED) is 0.848. The molecule has 1 aromatic heterocycles. The van der Waals surface area contributed by atoms with Crippen LogP contribution in [-0.2, 0) is 11.8 Å². The standard InChI is InChI=1S/C19H27N3O4/c1-13(22-5-7-26-8-6-22)12-20-19(23)16-9-14-10-17(24-3)18(25-4)11-15(14)21(16)2/h9-11,13H,5-8,12H2,1-4H3,(H,20,23)/t13-/m0/s1. The lowest BCUT2D eigenvalue weighted by Crippen LogP contribution is -2.47. The molecule has 0 radical (unpaired) electrons. The van der Waals surface area contributed by atoms with Crippen molar-refractivity contribution in [3.05, 3.63) is 23.9 Å². The van der Waals surface area contributed by atoms with E-state index in [1.807, 2.05) is 29.8 Å². The molecule has 26 heavy (non-hydrogen) atoms. The predicted octanol–water partition coefficient (Wildman–Crippen LogP) is 1.65. The first-order chi connectivity index (χ1) is 12.5. The Balaban J connectivity index is 1.74. The maximum atomic E-state index is 12.7. The summed E-state index contributed by atoms with van der Waals surface area (Å²) in [5.74, 6) is 1.22. The molecule has 2 aromatic rings. The van der Waals surface area contributed by atoms with E-state index in [-0.39, 0.29) is 11.9 Å². The van der Waals surface area contributed by atoms with Gasteiger partial charge in [0, 0.05) is 44.2 Å². The molecule has 0 saturated carbocycles. The van der Waals surface area contributed by atoms with Crippen molar-refractivity contribution in [2.24, 2.45) is 7.05 Å². The third-order valence-electron chi connectivity index (χ3n) is 5.01. The lowest BCUT2D eigenvalue weighted by molar-refractivity contribution is 0.0204. The van der Waals surface area contributed by atoms with Gasteiger partial charge in [-0.25, -0.2) is 0 Å². The van der Waals surface area contributed by atoms with Gasteiger partial charge >= 0.3 is 0 Å². The smallest absolute Gasteiger partial charge is 0.267 e. The molecule has 1 fully saturated rings. The van der Waals surface area contributed by atoms with E-state index in [2.05, 4.69) is 17.1 Å². The molecule has 1 saturated heterocycles. The molecule has 0 unspecified atom stereocenters. The second kappa shape index (κ2) is 7.97. The number of carbonyl (C=O) groups is 1. The van der Waals surface area contributed by atoms with E-state index in [0.717, 1.165) is 37.2 Å². The van der Waals surface area contributed by atoms with Gasteiger partial charge < -0.3 is 24.1 Å². The van der Waals surface area contributed by atoms with Crippen LogP contribution in [0.15, 0.2) is 18.2 Å². The maximum absolute atomic E-state index is 12.7. The molecule has 1 aromatic carbocycles. The number of morpholine rings is 1. The average molecular weight is 361 g/mol. The zero-order valence-electron chi connectivity index (χ0n) is 15.9. The van der Waals surface area contributed by atoms with Gasteiger partial charge in [-0.3, -0.25) is 9.69 Å². The number of amides is 1. The second-order valence-electron chi connectivity index (χ2n) is 6.56. The number of benzene rings is 1. The van der Waals surface area contributed by atoms with Crippen LogP contribution in [0.5, 0.6) is 11.5 Å². The van der Waals surface area contributed by atoms with Gasteiger partial charge in [-0.1, -0.05) is 0 Å². The van der Waals surface area contributed by atoms with Crippen LogP contribution in [-0.4, -0.2) is 68.5 Å². The summed E-state index contributed by atoms with van der Waals surface area (Å²) >= 11 is 0. The molecule has 1 N–H and O–H groups in total. The van der Waals surface area contributed by atoms with Gasteiger partial charge in [0.25, 0.3) is 5.91 Å². The van der Waals surface area contributed by atoms with E-state index in [1.165, 1.54) is 0 Å². The molecule has 3 rings (SSSR count). The van der Waals surface area contributed by atoms with Crippen LogP contribution in [0.1, 0.15) is 17.4 Å². The fourth-order valence-electron chi connectivity index (χ4n) is 3.36. The summed E-state index contributed by atoms with van der Waals surface area (Å²) in [5.41, 5.74) is 1.54. The van der Waals surface area contributed by atoms with Crippen LogP contribution in [0.4, 0.5) is 0 Å². The van der Waals surface area contributed by atoms with E-state index in [0.29, 0.717) is 23.7 Å². The van der Waals surface area contributed by atoms with Crippen LogP contribution in [0, 0.1) is 0 Å². The lowest BCUT2D eigenvalue weighted by Gasteiger charge is -2.32. The molecule has 142 valence electrons. The van der Waals surface area contributed by atoms with E-state index >= 15 is 0 Å². The number of carbonyl (C=O) groups excluding carboxylic acids is 1. The molecule has 0 spiro atoms. The van der Waals surface area contributed by atoms with Gasteiger partial charge in [0.2, 0.25) is 0 Å². The van der Waals surface area contributed by atoms with Gasteiger partial charge in [0.05, 0.1) is 33.0 Å². The molecule has 0 aliphatic carbocycles. The number of nitrogens with zero attached hydrogens (tertiary/aromatic N) is 2. The Bertz CT molecular complexity index is 781. The zero-order valence-corrected chi connectivity index (χ0v) is 15.9. The molecule has 2 heterocycles. The Hall–Kier alpha value is -2.25. The summed E-state index contributed by atoms with van der Waals surface area (Å²) in [6.07, 6.45) is 0. The highest BCUT2D eigenvalue weighted by atomic mass is 16.5. The van der Waals surface area contributed by atoms with Crippen molar-refractivity contribution in [2.75, 3.05) is 47.1 Å². The largest absolute Gasteiger partial charge is 0.493 e. The van der Waals surface area contributed by atoms with Crippen molar-refractivity contribution in [3.8, 4) is 11.5 Å². The highest BCUT2D eigenvalue weighted by Gasteiger charge is 2.20. The van der Waals surface area contributed by atoms with Gasteiger partial charge in [-0.2, -0.15) is 0 Å². The van der Waals surface area contributed by atoms with Crippen molar-refractivity contribution in [2.45, 2.75) is 13.0 Å². The highest BCUT2D eigenvalue weighted by molar-refractivity contribution is 5.99. The van der Waals surface area contributed by atoms with E-state index in [4.69, 9.17) is 14.2 Å². The molecule has 1 amide bonds. The predicted molar refractivity (Wildman–Crippen MR) is 100 cm³/mol. The fourth-order valence-corrected chi connectivity index (χ4v) is 3.36. The monoisotopic (exact) mass is 361 g/mol. The Morgan fingerprint density at radius 1 is 1.19 bits per heavy atom. The second-order valence-corrected chi connectivity index (χ2v) is 6.56. The van der Waals surface area contributed by atoms with E-state index in [9.17, 15) is 4.79 Å². The number of hydrogen-bond acceptors (Lipinski definition) is 5. The number of nitrogens with one attached hydrogen (secondary N) is 1. The normalized spacial score (nSPS) is 16.5. The molecule has 0 bridgehead atoms. The van der Waals surface area contributed by atoms with Crippen LogP contribution >= 0.6 is 0 Å². The number of aromatic nitrogens is 1. The first-order valence-corrected chi connectivity index (χ1v) is 8.86. The maximum Gasteiger partial charge on any atom is 0.267 e. The molecule has 7 nitrogen and oxygen atoms in total. The van der Waals surface area contributed by atoms with Crippen LogP contribution in [0.25, 0.3) is 10.9 Å². The van der Waals surface area contributed by atoms with Crippen molar-refractivity contribution >= 4 is 16.8 Å². The first-order valence-electron chi connectivity index (χ1n) is 8.86. The molecule has 1 aliphatic rings. The fraction of sp³-hybridized carbons (Fsp3) is 0.526. The molecular weight excluding hydrogens is 334 g/mol. The zero-order chi connectivity index (χ0) is 18.7. The molecule has 7 heteroatoms. The Labute approximate surface area is 153 Å². The number of aryl methyl sites for hydroxylation is 1. The SMILES string of the molecule is COc1cc2cc(C(=O)NC[C@H](C)N3CCOCC3)n(C)c2cc1OC. The van der Waals surface area contributed by atoms with Gasteiger partial charge in [0.15, 0.2) is 11.5 Å². The van der Waals surface area contributed by atoms with Gasteiger partial charge in [0.1, 0.15) is 5.69 Å². The van der Waals surface area contributed by atoms with Crippen LogP contribution < -0.4 is 14.8 Å². The van der Waals surface area contributed by atoms with Crippen molar-refractivity contribution < 1.29 is 19.0 Å². The Morgan fingerprint density at radius 3 is 2.50 bits per heavy atom. The summed E-state index contributed by atoms with van der Waals surface area (Å²) in [6.45, 7) is 6.06.